The highest BCUT2D eigenvalue weighted by Gasteiger charge is 2.42. The van der Waals surface area contributed by atoms with E-state index in [9.17, 15) is 22.8 Å². The molecule has 2 fully saturated rings. The zero-order valence-electron chi connectivity index (χ0n) is 17.3. The molecule has 31 heavy (non-hydrogen) atoms. The van der Waals surface area contributed by atoms with E-state index in [4.69, 9.17) is 0 Å². The summed E-state index contributed by atoms with van der Waals surface area (Å²) in [6.07, 6.45) is 2.06. The molecule has 3 heterocycles. The Bertz CT molecular complexity index is 972. The van der Waals surface area contributed by atoms with Crippen LogP contribution >= 0.6 is 0 Å². The van der Waals surface area contributed by atoms with Crippen molar-refractivity contribution >= 4 is 11.8 Å². The van der Waals surface area contributed by atoms with Gasteiger partial charge in [0.1, 0.15) is 0 Å². The molecule has 0 unspecified atom stereocenters. The summed E-state index contributed by atoms with van der Waals surface area (Å²) in [4.78, 5) is 29.5. The molecule has 6 nitrogen and oxygen atoms in total. The second-order valence-electron chi connectivity index (χ2n) is 8.29. The van der Waals surface area contributed by atoms with Gasteiger partial charge in [0.15, 0.2) is 0 Å². The van der Waals surface area contributed by atoms with Crippen molar-refractivity contribution in [1.82, 2.24) is 19.6 Å². The number of alkyl halides is 3. The van der Waals surface area contributed by atoms with Gasteiger partial charge in [-0.05, 0) is 37.0 Å². The van der Waals surface area contributed by atoms with Gasteiger partial charge in [0.05, 0.1) is 29.4 Å². The molecular weight excluding hydrogens is 409 g/mol. The van der Waals surface area contributed by atoms with Crippen LogP contribution in [0.3, 0.4) is 0 Å². The molecule has 2 saturated heterocycles. The molecule has 0 bridgehead atoms. The third-order valence-corrected chi connectivity index (χ3v) is 6.19. The minimum atomic E-state index is -4.43. The fourth-order valence-electron chi connectivity index (χ4n) is 4.71. The number of carbonyl (C=O) groups is 2. The smallest absolute Gasteiger partial charge is 0.333 e. The van der Waals surface area contributed by atoms with Crippen LogP contribution in [0.1, 0.15) is 53.6 Å². The zero-order valence-corrected chi connectivity index (χ0v) is 17.3. The van der Waals surface area contributed by atoms with Gasteiger partial charge in [0.2, 0.25) is 5.91 Å². The topological polar surface area (TPSA) is 58.4 Å². The monoisotopic (exact) mass is 434 g/mol. The normalized spacial score (nSPS) is 22.3. The summed E-state index contributed by atoms with van der Waals surface area (Å²) in [6, 6.07) is 4.77. The molecule has 9 heteroatoms. The van der Waals surface area contributed by atoms with E-state index in [1.165, 1.54) is 12.3 Å². The summed E-state index contributed by atoms with van der Waals surface area (Å²) in [6.45, 7) is 0.619. The summed E-state index contributed by atoms with van der Waals surface area (Å²) in [5, 5.41) is 4.07. The van der Waals surface area contributed by atoms with E-state index in [0.29, 0.717) is 36.9 Å². The molecule has 166 valence electrons. The third kappa shape index (κ3) is 4.45. The average Bonchev–Trinajstić information content (AvgIpc) is 3.33. The molecule has 4 rings (SSSR count). The minimum Gasteiger partial charge on any atom is -0.333 e. The Morgan fingerprint density at radius 3 is 2.71 bits per heavy atom. The Balaban J connectivity index is 1.59. The minimum absolute atomic E-state index is 0.0669. The number of aryl methyl sites for hydroxylation is 1. The number of hydrogen-bond donors (Lipinski definition) is 0. The maximum Gasteiger partial charge on any atom is 0.416 e. The Morgan fingerprint density at radius 1 is 1.19 bits per heavy atom. The van der Waals surface area contributed by atoms with Crippen LogP contribution < -0.4 is 0 Å². The Kier molecular flexibility index (Phi) is 5.77. The third-order valence-electron chi connectivity index (χ3n) is 6.19. The summed E-state index contributed by atoms with van der Waals surface area (Å²) < 4.78 is 41.0. The van der Waals surface area contributed by atoms with Gasteiger partial charge in [-0.15, -0.1) is 0 Å². The number of likely N-dealkylation sites (tertiary alicyclic amines) is 2. The van der Waals surface area contributed by atoms with Crippen LogP contribution in [0.15, 0.2) is 36.7 Å². The number of hydrogen-bond acceptors (Lipinski definition) is 3. The van der Waals surface area contributed by atoms with Crippen LogP contribution in [-0.2, 0) is 24.6 Å². The average molecular weight is 434 g/mol. The van der Waals surface area contributed by atoms with Gasteiger partial charge in [-0.25, -0.2) is 0 Å². The fourth-order valence-corrected chi connectivity index (χ4v) is 4.71. The van der Waals surface area contributed by atoms with E-state index in [0.717, 1.165) is 25.0 Å². The van der Waals surface area contributed by atoms with E-state index in [-0.39, 0.29) is 30.4 Å². The lowest BCUT2D eigenvalue weighted by Gasteiger charge is -2.37. The van der Waals surface area contributed by atoms with Crippen LogP contribution in [0.25, 0.3) is 0 Å². The van der Waals surface area contributed by atoms with Gasteiger partial charge in [0.25, 0.3) is 5.91 Å². The van der Waals surface area contributed by atoms with E-state index in [1.54, 1.807) is 33.8 Å². The first-order chi connectivity index (χ1) is 14.7. The molecule has 0 N–H and O–H groups in total. The molecule has 2 amide bonds. The summed E-state index contributed by atoms with van der Waals surface area (Å²) in [5.41, 5.74) is 0.223. The number of nitrogens with zero attached hydrogens (tertiary/aromatic N) is 4. The largest absolute Gasteiger partial charge is 0.416 e. The first-order valence-corrected chi connectivity index (χ1v) is 10.5. The van der Waals surface area contributed by atoms with E-state index in [1.807, 2.05) is 0 Å². The molecule has 0 aliphatic carbocycles. The van der Waals surface area contributed by atoms with Crippen molar-refractivity contribution in [1.29, 1.82) is 0 Å². The zero-order chi connectivity index (χ0) is 22.2. The molecule has 2 aliphatic rings. The van der Waals surface area contributed by atoms with E-state index in [2.05, 4.69) is 5.10 Å². The molecule has 0 saturated carbocycles. The van der Waals surface area contributed by atoms with Crippen LogP contribution in [0.4, 0.5) is 13.2 Å². The van der Waals surface area contributed by atoms with Crippen molar-refractivity contribution < 1.29 is 22.8 Å². The maximum atomic E-state index is 13.1. The predicted molar refractivity (Wildman–Crippen MR) is 107 cm³/mol. The summed E-state index contributed by atoms with van der Waals surface area (Å²) in [5.74, 6) is -0.185. The van der Waals surface area contributed by atoms with Gasteiger partial charge in [0, 0.05) is 32.8 Å². The quantitative estimate of drug-likeness (QED) is 0.742. The predicted octanol–water partition coefficient (Wildman–Crippen LogP) is 3.62. The highest BCUT2D eigenvalue weighted by Crippen LogP contribution is 2.33. The summed E-state index contributed by atoms with van der Waals surface area (Å²) >= 11 is 0. The lowest BCUT2D eigenvalue weighted by Crippen LogP contribution is -2.49. The van der Waals surface area contributed by atoms with Crippen molar-refractivity contribution in [3.8, 4) is 0 Å². The number of halogens is 3. The van der Waals surface area contributed by atoms with E-state index < -0.39 is 11.7 Å². The van der Waals surface area contributed by atoms with Gasteiger partial charge in [-0.1, -0.05) is 18.6 Å². The number of benzene rings is 1. The molecule has 1 aromatic carbocycles. The molecule has 2 atom stereocenters. The Labute approximate surface area is 178 Å². The Morgan fingerprint density at radius 2 is 2.00 bits per heavy atom. The molecule has 0 radical (unpaired) electrons. The SMILES string of the molecule is Cn1cc(C(=O)N2CC[C@H]3[C@H]2CCCCC(=O)N3Cc2cccc(C(F)(F)F)c2)cn1. The lowest BCUT2D eigenvalue weighted by molar-refractivity contribution is -0.137. The first kappa shape index (κ1) is 21.4. The highest BCUT2D eigenvalue weighted by atomic mass is 19.4. The second kappa shape index (κ2) is 8.36. The lowest BCUT2D eigenvalue weighted by atomic mass is 9.95. The van der Waals surface area contributed by atoms with Crippen molar-refractivity contribution in [3.63, 3.8) is 0 Å². The first-order valence-electron chi connectivity index (χ1n) is 10.5. The van der Waals surface area contributed by atoms with Crippen molar-refractivity contribution in [2.24, 2.45) is 7.05 Å². The van der Waals surface area contributed by atoms with Crippen molar-refractivity contribution in [3.05, 3.63) is 53.3 Å². The molecule has 0 spiro atoms. The maximum absolute atomic E-state index is 13.1. The molecular formula is C22H25F3N4O2. The number of rotatable bonds is 3. The number of carbonyl (C=O) groups excluding carboxylic acids is 2. The second-order valence-corrected chi connectivity index (χ2v) is 8.29. The summed E-state index contributed by atoms with van der Waals surface area (Å²) in [7, 11) is 1.74. The Hall–Kier alpha value is -2.84. The molecule has 2 aliphatic heterocycles. The van der Waals surface area contributed by atoms with Gasteiger partial charge in [-0.2, -0.15) is 18.3 Å². The highest BCUT2D eigenvalue weighted by molar-refractivity contribution is 5.94. The van der Waals surface area contributed by atoms with Crippen molar-refractivity contribution in [2.75, 3.05) is 6.54 Å². The number of aromatic nitrogens is 2. The van der Waals surface area contributed by atoms with Crippen LogP contribution in [-0.4, -0.2) is 50.0 Å². The standard InChI is InChI=1S/C22H25F3N4O2/c1-27-14-16(12-26-27)21(31)28-10-9-19-18(28)7-2-3-8-20(30)29(19)13-15-5-4-6-17(11-15)22(23,24)25/h4-6,11-12,14,18-19H,2-3,7-10,13H2,1H3/t18-,19+/m1/s1. The van der Waals surface area contributed by atoms with Gasteiger partial charge < -0.3 is 9.80 Å². The van der Waals surface area contributed by atoms with Crippen LogP contribution in [0, 0.1) is 0 Å². The fraction of sp³-hybridized carbons (Fsp3) is 0.500. The van der Waals surface area contributed by atoms with Crippen LogP contribution in [0.5, 0.6) is 0 Å². The molecule has 1 aromatic heterocycles. The number of fused-ring (bicyclic) bond motifs is 1. The van der Waals surface area contributed by atoms with Crippen molar-refractivity contribution in [2.45, 2.75) is 56.9 Å². The van der Waals surface area contributed by atoms with Crippen LogP contribution in [0.2, 0.25) is 0 Å². The number of amides is 2. The molecule has 2 aromatic rings. The van der Waals surface area contributed by atoms with Gasteiger partial charge >= 0.3 is 6.18 Å². The van der Waals surface area contributed by atoms with Gasteiger partial charge in [-0.3, -0.25) is 14.3 Å². The van der Waals surface area contributed by atoms with E-state index >= 15 is 0 Å².